The van der Waals surface area contributed by atoms with Crippen LogP contribution in [0, 0.1) is 12.8 Å². The molecule has 1 aromatic heterocycles. The van der Waals surface area contributed by atoms with Crippen molar-refractivity contribution in [1.82, 2.24) is 4.98 Å². The maximum absolute atomic E-state index is 5.67. The third-order valence-electron chi connectivity index (χ3n) is 1.85. The predicted octanol–water partition coefficient (Wildman–Crippen LogP) is 1.50. The van der Waals surface area contributed by atoms with Crippen molar-refractivity contribution in [3.63, 3.8) is 0 Å². The van der Waals surface area contributed by atoms with Crippen LogP contribution in [0.2, 0.25) is 0 Å². The molecule has 0 bridgehead atoms. The van der Waals surface area contributed by atoms with Gasteiger partial charge in [0.2, 0.25) is 0 Å². The summed E-state index contributed by atoms with van der Waals surface area (Å²) >= 11 is 0. The molecule has 2 N–H and O–H groups in total. The molecule has 0 radical (unpaired) electrons. The van der Waals surface area contributed by atoms with E-state index < -0.39 is 0 Å². The molecule has 4 heteroatoms. The van der Waals surface area contributed by atoms with Crippen LogP contribution in [0.25, 0.3) is 0 Å². The summed E-state index contributed by atoms with van der Waals surface area (Å²) < 4.78 is 5.04. The summed E-state index contributed by atoms with van der Waals surface area (Å²) in [6, 6.07) is 0. The number of hydrogen-bond donors (Lipinski definition) is 1. The molecule has 1 aromatic rings. The Hall–Kier alpha value is -1.32. The molecule has 1 heterocycles. The number of aliphatic imine (C=N–C) groups is 1. The van der Waals surface area contributed by atoms with Gasteiger partial charge < -0.3 is 10.2 Å². The normalized spacial score (nSPS) is 12.5. The van der Waals surface area contributed by atoms with Crippen LogP contribution in [0.3, 0.4) is 0 Å². The largest absolute Gasteiger partial charge is 0.448 e. The van der Waals surface area contributed by atoms with E-state index in [9.17, 15) is 0 Å². The number of aryl methyl sites for hydroxylation is 1. The van der Waals surface area contributed by atoms with Crippen molar-refractivity contribution in [3.05, 3.63) is 17.8 Å². The van der Waals surface area contributed by atoms with Gasteiger partial charge >= 0.3 is 0 Å². The van der Waals surface area contributed by atoms with Crippen LogP contribution in [0.5, 0.6) is 0 Å². The second-order valence-corrected chi connectivity index (χ2v) is 3.25. The maximum atomic E-state index is 5.67. The van der Waals surface area contributed by atoms with Crippen molar-refractivity contribution >= 4 is 5.84 Å². The molecule has 0 spiro atoms. The first kappa shape index (κ1) is 9.77. The Bertz CT molecular complexity index is 302. The van der Waals surface area contributed by atoms with E-state index in [-0.39, 0.29) is 5.92 Å². The second-order valence-electron chi connectivity index (χ2n) is 3.25. The fraction of sp³-hybridized carbons (Fsp3) is 0.556. The zero-order chi connectivity index (χ0) is 9.84. The minimum Gasteiger partial charge on any atom is -0.448 e. The number of nitrogens with two attached hydrogens (primary N) is 1. The molecule has 72 valence electrons. The average Bonchev–Trinajstić information content (AvgIpc) is 2.47. The quantitative estimate of drug-likeness (QED) is 0.567. The third kappa shape index (κ3) is 2.57. The molecular formula is C9H15N3O. The predicted molar refractivity (Wildman–Crippen MR) is 51.4 cm³/mol. The van der Waals surface area contributed by atoms with Gasteiger partial charge in [-0.25, -0.2) is 4.98 Å². The Morgan fingerprint density at radius 2 is 2.38 bits per heavy atom. The van der Waals surface area contributed by atoms with Crippen LogP contribution in [0.15, 0.2) is 15.8 Å². The summed E-state index contributed by atoms with van der Waals surface area (Å²) in [4.78, 5) is 8.22. The van der Waals surface area contributed by atoms with E-state index in [4.69, 9.17) is 10.2 Å². The Kier molecular flexibility index (Phi) is 3.06. The standard InChI is InChI=1S/C9H15N3O/c1-6(2)9(10)11-4-8-7(3)13-5-12-8/h5-6H,4H2,1-3H3,(H2,10,11). The molecule has 0 fully saturated rings. The maximum Gasteiger partial charge on any atom is 0.181 e. The van der Waals surface area contributed by atoms with Gasteiger partial charge in [0.05, 0.1) is 12.4 Å². The van der Waals surface area contributed by atoms with Gasteiger partial charge in [-0.15, -0.1) is 0 Å². The van der Waals surface area contributed by atoms with Crippen molar-refractivity contribution in [2.45, 2.75) is 27.3 Å². The molecule has 0 aliphatic heterocycles. The average molecular weight is 181 g/mol. The van der Waals surface area contributed by atoms with Crippen molar-refractivity contribution in [3.8, 4) is 0 Å². The molecule has 0 saturated carbocycles. The smallest absolute Gasteiger partial charge is 0.181 e. The van der Waals surface area contributed by atoms with Crippen LogP contribution in [-0.4, -0.2) is 10.8 Å². The van der Waals surface area contributed by atoms with Crippen LogP contribution in [-0.2, 0) is 6.54 Å². The third-order valence-corrected chi connectivity index (χ3v) is 1.85. The van der Waals surface area contributed by atoms with Gasteiger partial charge in [0.15, 0.2) is 6.39 Å². The molecule has 0 unspecified atom stereocenters. The van der Waals surface area contributed by atoms with E-state index in [0.717, 1.165) is 11.5 Å². The lowest BCUT2D eigenvalue weighted by molar-refractivity contribution is 0.524. The second kappa shape index (κ2) is 4.07. The van der Waals surface area contributed by atoms with Crippen molar-refractivity contribution in [2.24, 2.45) is 16.6 Å². The fourth-order valence-corrected chi connectivity index (χ4v) is 0.829. The molecule has 1 rings (SSSR count). The number of amidine groups is 1. The van der Waals surface area contributed by atoms with E-state index in [1.165, 1.54) is 6.39 Å². The van der Waals surface area contributed by atoms with E-state index in [0.29, 0.717) is 12.4 Å². The van der Waals surface area contributed by atoms with E-state index in [2.05, 4.69) is 9.98 Å². The lowest BCUT2D eigenvalue weighted by atomic mass is 10.2. The molecule has 0 atom stereocenters. The summed E-state index contributed by atoms with van der Waals surface area (Å²) in [6.07, 6.45) is 1.42. The number of rotatable bonds is 3. The van der Waals surface area contributed by atoms with Crippen molar-refractivity contribution < 1.29 is 4.42 Å². The molecular weight excluding hydrogens is 166 g/mol. The van der Waals surface area contributed by atoms with Gasteiger partial charge in [-0.3, -0.25) is 4.99 Å². The van der Waals surface area contributed by atoms with Gasteiger partial charge in [-0.2, -0.15) is 0 Å². The highest BCUT2D eigenvalue weighted by atomic mass is 16.3. The first-order valence-electron chi connectivity index (χ1n) is 4.30. The molecule has 0 aliphatic carbocycles. The first-order chi connectivity index (χ1) is 6.11. The topological polar surface area (TPSA) is 64.4 Å². The van der Waals surface area contributed by atoms with Crippen molar-refractivity contribution in [2.75, 3.05) is 0 Å². The van der Waals surface area contributed by atoms with Gasteiger partial charge in [-0.1, -0.05) is 13.8 Å². The SMILES string of the molecule is Cc1ocnc1CN=C(N)C(C)C. The molecule has 0 aromatic carbocycles. The van der Waals surface area contributed by atoms with Crippen LogP contribution in [0.4, 0.5) is 0 Å². The molecule has 4 nitrogen and oxygen atoms in total. The lowest BCUT2D eigenvalue weighted by Gasteiger charge is -2.02. The van der Waals surface area contributed by atoms with Gasteiger partial charge in [0.1, 0.15) is 11.5 Å². The molecule has 0 saturated heterocycles. The Labute approximate surface area is 77.9 Å². The zero-order valence-corrected chi connectivity index (χ0v) is 8.24. The monoisotopic (exact) mass is 181 g/mol. The summed E-state index contributed by atoms with van der Waals surface area (Å²) in [5.41, 5.74) is 6.53. The highest BCUT2D eigenvalue weighted by Gasteiger charge is 2.03. The van der Waals surface area contributed by atoms with Crippen LogP contribution in [0.1, 0.15) is 25.3 Å². The summed E-state index contributed by atoms with van der Waals surface area (Å²) in [6.45, 7) is 6.39. The highest BCUT2D eigenvalue weighted by Crippen LogP contribution is 2.06. The number of oxazole rings is 1. The van der Waals surface area contributed by atoms with E-state index >= 15 is 0 Å². The summed E-state index contributed by atoms with van der Waals surface area (Å²) in [5, 5.41) is 0. The lowest BCUT2D eigenvalue weighted by Crippen LogP contribution is -2.18. The van der Waals surface area contributed by atoms with Gasteiger partial charge in [-0.05, 0) is 6.92 Å². The number of nitrogens with zero attached hydrogens (tertiary/aromatic N) is 2. The molecule has 13 heavy (non-hydrogen) atoms. The van der Waals surface area contributed by atoms with Gasteiger partial charge in [0.25, 0.3) is 0 Å². The first-order valence-corrected chi connectivity index (χ1v) is 4.30. The van der Waals surface area contributed by atoms with Crippen LogP contribution < -0.4 is 5.73 Å². The molecule has 0 amide bonds. The summed E-state index contributed by atoms with van der Waals surface area (Å²) in [5.74, 6) is 1.75. The highest BCUT2D eigenvalue weighted by molar-refractivity contribution is 5.82. The Morgan fingerprint density at radius 1 is 1.69 bits per heavy atom. The van der Waals surface area contributed by atoms with E-state index in [1.54, 1.807) is 0 Å². The molecule has 0 aliphatic rings. The number of aromatic nitrogens is 1. The van der Waals surface area contributed by atoms with Gasteiger partial charge in [0, 0.05) is 5.92 Å². The zero-order valence-electron chi connectivity index (χ0n) is 8.24. The number of hydrogen-bond acceptors (Lipinski definition) is 3. The summed E-state index contributed by atoms with van der Waals surface area (Å²) in [7, 11) is 0. The van der Waals surface area contributed by atoms with Crippen LogP contribution >= 0.6 is 0 Å². The minimum atomic E-state index is 0.284. The fourth-order valence-electron chi connectivity index (χ4n) is 0.829. The Balaban J connectivity index is 2.61. The van der Waals surface area contributed by atoms with Crippen molar-refractivity contribution in [1.29, 1.82) is 0 Å². The Morgan fingerprint density at radius 3 is 2.85 bits per heavy atom. The van der Waals surface area contributed by atoms with E-state index in [1.807, 2.05) is 20.8 Å². The minimum absolute atomic E-state index is 0.284.